The molecule has 5 heteroatoms. The number of nitrogens with one attached hydrogen (secondary N) is 1. The molecule has 1 aliphatic rings. The lowest BCUT2D eigenvalue weighted by molar-refractivity contribution is -0.139. The molecule has 0 aliphatic carbocycles. The van der Waals surface area contributed by atoms with Crippen LogP contribution in [0.2, 0.25) is 0 Å². The third kappa shape index (κ3) is 4.45. The molecule has 0 bridgehead atoms. The minimum Gasteiger partial charge on any atom is -0.480 e. The molecule has 1 rings (SSSR count). The molecule has 0 saturated carbocycles. The molecule has 13 heavy (non-hydrogen) atoms. The van der Waals surface area contributed by atoms with Gasteiger partial charge in [-0.2, -0.15) is 0 Å². The molecule has 1 fully saturated rings. The number of hydrogen-bond acceptors (Lipinski definition) is 3. The molecule has 0 spiro atoms. The maximum Gasteiger partial charge on any atom is 0.320 e. The van der Waals surface area contributed by atoms with Gasteiger partial charge in [-0.1, -0.05) is 0 Å². The van der Waals surface area contributed by atoms with Crippen molar-refractivity contribution < 1.29 is 14.6 Å². The van der Waals surface area contributed by atoms with Gasteiger partial charge in [0.25, 0.3) is 0 Å². The van der Waals surface area contributed by atoms with E-state index in [0.29, 0.717) is 6.04 Å². The lowest BCUT2D eigenvalue weighted by Gasteiger charge is -2.24. The summed E-state index contributed by atoms with van der Waals surface area (Å²) in [5.74, 6) is -0.790. The van der Waals surface area contributed by atoms with Gasteiger partial charge in [-0.15, -0.1) is 12.4 Å². The smallest absolute Gasteiger partial charge is 0.320 e. The molecule has 1 atom stereocenters. The first kappa shape index (κ1) is 12.7. The Kier molecular flexibility index (Phi) is 6.03. The van der Waals surface area contributed by atoms with Gasteiger partial charge in [0.15, 0.2) is 0 Å². The van der Waals surface area contributed by atoms with Gasteiger partial charge < -0.3 is 15.2 Å². The first-order valence-electron chi connectivity index (χ1n) is 4.26. The zero-order chi connectivity index (χ0) is 8.97. The zero-order valence-corrected chi connectivity index (χ0v) is 8.47. The van der Waals surface area contributed by atoms with Crippen LogP contribution in [-0.2, 0) is 9.53 Å². The molecule has 0 radical (unpaired) electrons. The number of carboxylic acid groups (broad SMARTS) is 1. The average Bonchev–Trinajstić information content (AvgIpc) is 2.06. The maximum absolute atomic E-state index is 10.5. The van der Waals surface area contributed by atoms with E-state index < -0.39 is 12.0 Å². The summed E-state index contributed by atoms with van der Waals surface area (Å²) < 4.78 is 5.15. The van der Waals surface area contributed by atoms with E-state index >= 15 is 0 Å². The van der Waals surface area contributed by atoms with E-state index in [2.05, 4.69) is 5.32 Å². The molecule has 0 aromatic heterocycles. The largest absolute Gasteiger partial charge is 0.480 e. The van der Waals surface area contributed by atoms with Crippen molar-refractivity contribution in [3.63, 3.8) is 0 Å². The Morgan fingerprint density at radius 2 is 2.08 bits per heavy atom. The normalized spacial score (nSPS) is 20.4. The first-order valence-corrected chi connectivity index (χ1v) is 4.26. The highest BCUT2D eigenvalue weighted by molar-refractivity contribution is 5.85. The molecular weight excluding hydrogens is 194 g/mol. The van der Waals surface area contributed by atoms with E-state index in [-0.39, 0.29) is 12.4 Å². The number of rotatable bonds is 3. The second-order valence-electron chi connectivity index (χ2n) is 3.11. The fraction of sp³-hybridized carbons (Fsp3) is 0.875. The van der Waals surface area contributed by atoms with Crippen LogP contribution in [0, 0.1) is 0 Å². The number of carbonyl (C=O) groups is 1. The predicted molar refractivity (Wildman–Crippen MR) is 51.3 cm³/mol. The van der Waals surface area contributed by atoms with Gasteiger partial charge in [0.2, 0.25) is 0 Å². The van der Waals surface area contributed by atoms with Gasteiger partial charge in [-0.25, -0.2) is 0 Å². The Morgan fingerprint density at radius 1 is 1.54 bits per heavy atom. The highest BCUT2D eigenvalue weighted by Crippen LogP contribution is 2.06. The molecule has 2 N–H and O–H groups in total. The van der Waals surface area contributed by atoms with Crippen molar-refractivity contribution in [1.29, 1.82) is 0 Å². The second-order valence-corrected chi connectivity index (χ2v) is 3.11. The highest BCUT2D eigenvalue weighted by Gasteiger charge is 2.18. The van der Waals surface area contributed by atoms with Gasteiger partial charge in [-0.3, -0.25) is 4.79 Å². The molecule has 1 heterocycles. The summed E-state index contributed by atoms with van der Waals surface area (Å²) >= 11 is 0. The SMILES string of the molecule is CC(NC1CCOCC1)C(=O)O.Cl. The number of hydrogen-bond donors (Lipinski definition) is 2. The monoisotopic (exact) mass is 209 g/mol. The second kappa shape index (κ2) is 6.18. The minimum atomic E-state index is -0.790. The van der Waals surface area contributed by atoms with Crippen LogP contribution in [0.3, 0.4) is 0 Å². The van der Waals surface area contributed by atoms with E-state index in [1.165, 1.54) is 0 Å². The van der Waals surface area contributed by atoms with Gasteiger partial charge >= 0.3 is 5.97 Å². The van der Waals surface area contributed by atoms with Crippen LogP contribution < -0.4 is 5.32 Å². The number of halogens is 1. The van der Waals surface area contributed by atoms with Crippen molar-refractivity contribution in [3.8, 4) is 0 Å². The van der Waals surface area contributed by atoms with Crippen molar-refractivity contribution in [2.75, 3.05) is 13.2 Å². The molecule has 0 aromatic carbocycles. The molecule has 4 nitrogen and oxygen atoms in total. The Balaban J connectivity index is 0.00000144. The van der Waals surface area contributed by atoms with Gasteiger partial charge in [0.05, 0.1) is 0 Å². The van der Waals surface area contributed by atoms with Crippen LogP contribution in [0.5, 0.6) is 0 Å². The summed E-state index contributed by atoms with van der Waals surface area (Å²) in [5, 5.41) is 11.7. The van der Waals surface area contributed by atoms with Crippen molar-refractivity contribution in [1.82, 2.24) is 5.32 Å². The predicted octanol–water partition coefficient (Wildman–Crippen LogP) is 0.650. The summed E-state index contributed by atoms with van der Waals surface area (Å²) in [5.41, 5.74) is 0. The molecule has 0 aromatic rings. The number of carboxylic acids is 1. The third-order valence-corrected chi connectivity index (χ3v) is 2.08. The van der Waals surface area contributed by atoms with Crippen LogP contribution in [0.15, 0.2) is 0 Å². The van der Waals surface area contributed by atoms with Crippen molar-refractivity contribution in [3.05, 3.63) is 0 Å². The summed E-state index contributed by atoms with van der Waals surface area (Å²) in [4.78, 5) is 10.5. The topological polar surface area (TPSA) is 58.6 Å². The summed E-state index contributed by atoms with van der Waals surface area (Å²) in [6, 6.07) is -0.141. The minimum absolute atomic E-state index is 0. The van der Waals surface area contributed by atoms with Crippen LogP contribution >= 0.6 is 12.4 Å². The first-order chi connectivity index (χ1) is 5.70. The number of ether oxygens (including phenoxy) is 1. The molecule has 1 saturated heterocycles. The van der Waals surface area contributed by atoms with E-state index in [0.717, 1.165) is 26.1 Å². The third-order valence-electron chi connectivity index (χ3n) is 2.08. The Morgan fingerprint density at radius 3 is 2.54 bits per heavy atom. The summed E-state index contributed by atoms with van der Waals surface area (Å²) in [6.45, 7) is 3.14. The lowest BCUT2D eigenvalue weighted by atomic mass is 10.1. The summed E-state index contributed by atoms with van der Waals surface area (Å²) in [6.07, 6.45) is 1.83. The highest BCUT2D eigenvalue weighted by atomic mass is 35.5. The van der Waals surface area contributed by atoms with Gasteiger partial charge in [0, 0.05) is 19.3 Å². The quantitative estimate of drug-likeness (QED) is 0.717. The Labute approximate surface area is 84.1 Å². The van der Waals surface area contributed by atoms with E-state index in [4.69, 9.17) is 9.84 Å². The Bertz CT molecular complexity index is 159. The molecule has 0 amide bonds. The number of aliphatic carboxylic acids is 1. The maximum atomic E-state index is 10.5. The van der Waals surface area contributed by atoms with Crippen LogP contribution in [0.4, 0.5) is 0 Å². The van der Waals surface area contributed by atoms with Crippen molar-refractivity contribution in [2.45, 2.75) is 31.8 Å². The van der Waals surface area contributed by atoms with Crippen LogP contribution in [0.1, 0.15) is 19.8 Å². The van der Waals surface area contributed by atoms with E-state index in [1.54, 1.807) is 6.92 Å². The Hall–Kier alpha value is -0.320. The van der Waals surface area contributed by atoms with E-state index in [9.17, 15) is 4.79 Å². The van der Waals surface area contributed by atoms with Crippen molar-refractivity contribution in [2.24, 2.45) is 0 Å². The fourth-order valence-electron chi connectivity index (χ4n) is 1.29. The molecule has 78 valence electrons. The average molecular weight is 210 g/mol. The molecule has 1 aliphatic heterocycles. The van der Waals surface area contributed by atoms with Crippen molar-refractivity contribution >= 4 is 18.4 Å². The molecule has 1 unspecified atom stereocenters. The molecular formula is C8H16ClNO3. The zero-order valence-electron chi connectivity index (χ0n) is 7.66. The van der Waals surface area contributed by atoms with Gasteiger partial charge in [-0.05, 0) is 19.8 Å². The fourth-order valence-corrected chi connectivity index (χ4v) is 1.29. The van der Waals surface area contributed by atoms with Crippen LogP contribution in [0.25, 0.3) is 0 Å². The van der Waals surface area contributed by atoms with Gasteiger partial charge in [0.1, 0.15) is 6.04 Å². The van der Waals surface area contributed by atoms with Crippen LogP contribution in [-0.4, -0.2) is 36.4 Å². The van der Waals surface area contributed by atoms with E-state index in [1.807, 2.05) is 0 Å². The summed E-state index contributed by atoms with van der Waals surface area (Å²) in [7, 11) is 0. The lowest BCUT2D eigenvalue weighted by Crippen LogP contribution is -2.43. The standard InChI is InChI=1S/C8H15NO3.ClH/c1-6(8(10)11)9-7-2-4-12-5-3-7;/h6-7,9H,2-5H2,1H3,(H,10,11);1H.